The smallest absolute Gasteiger partial charge is 0.408 e. The Morgan fingerprint density at radius 1 is 1.10 bits per heavy atom. The number of carbonyl (C=O) groups is 3. The van der Waals surface area contributed by atoms with Crippen LogP contribution in [0.1, 0.15) is 33.6 Å². The highest BCUT2D eigenvalue weighted by atomic mass is 16.6. The molecule has 1 N–H and O–H groups in total. The first-order valence-electron chi connectivity index (χ1n) is 6.58. The average molecular weight is 299 g/mol. The summed E-state index contributed by atoms with van der Waals surface area (Å²) in [5.41, 5.74) is -0.302. The number of methoxy groups -OCH3 is 2. The lowest BCUT2D eigenvalue weighted by molar-refractivity contribution is -0.139. The second-order valence-electron chi connectivity index (χ2n) is 5.61. The van der Waals surface area contributed by atoms with E-state index in [4.69, 9.17) is 4.74 Å². The van der Waals surface area contributed by atoms with Crippen LogP contribution in [-0.2, 0) is 23.8 Å². The Morgan fingerprint density at radius 3 is 2.14 bits per heavy atom. The Balaban J connectivity index is 2.92. The fourth-order valence-electron chi connectivity index (χ4n) is 2.08. The van der Waals surface area contributed by atoms with Crippen molar-refractivity contribution < 1.29 is 28.6 Å². The molecular weight excluding hydrogens is 278 g/mol. The summed E-state index contributed by atoms with van der Waals surface area (Å²) in [5.74, 6) is -1.25. The fraction of sp³-hybridized carbons (Fsp3) is 0.643. The molecule has 0 spiro atoms. The molecule has 0 bridgehead atoms. The van der Waals surface area contributed by atoms with Crippen LogP contribution in [0.15, 0.2) is 11.1 Å². The number of hydrogen-bond acceptors (Lipinski definition) is 6. The van der Waals surface area contributed by atoms with Gasteiger partial charge in [-0.05, 0) is 33.6 Å². The molecule has 0 aromatic heterocycles. The molecule has 7 heteroatoms. The van der Waals surface area contributed by atoms with Crippen LogP contribution in [0.4, 0.5) is 4.79 Å². The molecule has 0 heterocycles. The van der Waals surface area contributed by atoms with E-state index < -0.39 is 29.7 Å². The quantitative estimate of drug-likeness (QED) is 0.624. The lowest BCUT2D eigenvalue weighted by atomic mass is 10.1. The third-order valence-electron chi connectivity index (χ3n) is 2.88. The summed E-state index contributed by atoms with van der Waals surface area (Å²) in [6, 6.07) is -0.624. The van der Waals surface area contributed by atoms with Crippen LogP contribution in [-0.4, -0.2) is 43.9 Å². The second-order valence-corrected chi connectivity index (χ2v) is 5.61. The van der Waals surface area contributed by atoms with Crippen LogP contribution in [0.3, 0.4) is 0 Å². The number of hydrogen-bond donors (Lipinski definition) is 1. The second kappa shape index (κ2) is 6.60. The lowest BCUT2D eigenvalue weighted by Gasteiger charge is -2.22. The summed E-state index contributed by atoms with van der Waals surface area (Å²) in [4.78, 5) is 35.3. The zero-order valence-electron chi connectivity index (χ0n) is 12.9. The molecule has 1 unspecified atom stereocenters. The number of ether oxygens (including phenoxy) is 3. The highest BCUT2D eigenvalue weighted by Crippen LogP contribution is 2.28. The number of amides is 1. The number of rotatable bonds is 3. The monoisotopic (exact) mass is 299 g/mol. The molecule has 0 saturated carbocycles. The van der Waals surface area contributed by atoms with Crippen LogP contribution in [0.5, 0.6) is 0 Å². The molecule has 1 atom stereocenters. The number of carbonyl (C=O) groups excluding carboxylic acids is 3. The number of alkyl carbamates (subject to hydrolysis) is 1. The van der Waals surface area contributed by atoms with Crippen LogP contribution in [0.2, 0.25) is 0 Å². The summed E-state index contributed by atoms with van der Waals surface area (Å²) in [6.07, 6.45) is 0.0890. The topological polar surface area (TPSA) is 90.9 Å². The van der Waals surface area contributed by atoms with Crippen molar-refractivity contribution in [3.8, 4) is 0 Å². The highest BCUT2D eigenvalue weighted by molar-refractivity contribution is 6.02. The molecular formula is C14H21NO6. The van der Waals surface area contributed by atoms with Gasteiger partial charge in [0.15, 0.2) is 0 Å². The van der Waals surface area contributed by atoms with Crippen LogP contribution < -0.4 is 5.32 Å². The maximum atomic E-state index is 11.8. The largest absolute Gasteiger partial charge is 0.466 e. The van der Waals surface area contributed by atoms with Crippen molar-refractivity contribution in [3.05, 3.63) is 11.1 Å². The van der Waals surface area contributed by atoms with Gasteiger partial charge >= 0.3 is 18.0 Å². The van der Waals surface area contributed by atoms with Gasteiger partial charge < -0.3 is 19.5 Å². The van der Waals surface area contributed by atoms with E-state index in [1.165, 1.54) is 14.2 Å². The number of nitrogens with one attached hydrogen (secondary N) is 1. The molecule has 0 aromatic rings. The molecule has 1 rings (SSSR count). The molecule has 1 amide bonds. The first kappa shape index (κ1) is 17.0. The standard InChI is InChI=1S/C14H21NO6/c1-14(2,3)21-13(18)15-9-7-6-8(11(16)19-4)10(9)12(17)20-5/h9H,6-7H2,1-5H3,(H,15,18). The Kier molecular flexibility index (Phi) is 5.34. The Morgan fingerprint density at radius 2 is 1.67 bits per heavy atom. The van der Waals surface area contributed by atoms with Gasteiger partial charge in [0.25, 0.3) is 0 Å². The minimum atomic E-state index is -0.658. The maximum Gasteiger partial charge on any atom is 0.408 e. The van der Waals surface area contributed by atoms with Crippen molar-refractivity contribution in [1.29, 1.82) is 0 Å². The molecule has 0 saturated heterocycles. The minimum absolute atomic E-state index is 0.121. The summed E-state index contributed by atoms with van der Waals surface area (Å²) >= 11 is 0. The van der Waals surface area contributed by atoms with Gasteiger partial charge in [0.05, 0.1) is 25.8 Å². The molecule has 21 heavy (non-hydrogen) atoms. The van der Waals surface area contributed by atoms with E-state index in [2.05, 4.69) is 14.8 Å². The number of esters is 2. The third kappa shape index (κ3) is 4.47. The van der Waals surface area contributed by atoms with Crippen LogP contribution >= 0.6 is 0 Å². The van der Waals surface area contributed by atoms with Gasteiger partial charge in [-0.15, -0.1) is 0 Å². The Labute approximate surface area is 123 Å². The van der Waals surface area contributed by atoms with E-state index in [0.29, 0.717) is 12.8 Å². The average Bonchev–Trinajstić information content (AvgIpc) is 2.78. The highest BCUT2D eigenvalue weighted by Gasteiger charge is 2.36. The van der Waals surface area contributed by atoms with E-state index in [-0.39, 0.29) is 11.1 Å². The molecule has 7 nitrogen and oxygen atoms in total. The molecule has 118 valence electrons. The van der Waals surface area contributed by atoms with E-state index in [0.717, 1.165) is 0 Å². The van der Waals surface area contributed by atoms with Gasteiger partial charge in [0, 0.05) is 5.57 Å². The van der Waals surface area contributed by atoms with Crippen molar-refractivity contribution in [2.75, 3.05) is 14.2 Å². The van der Waals surface area contributed by atoms with Gasteiger partial charge in [-0.25, -0.2) is 14.4 Å². The molecule has 1 aliphatic rings. The molecule has 1 aliphatic carbocycles. The lowest BCUT2D eigenvalue weighted by Crippen LogP contribution is -2.40. The molecule has 0 fully saturated rings. The maximum absolute atomic E-state index is 11.8. The Hall–Kier alpha value is -2.05. The Bertz CT molecular complexity index is 474. The van der Waals surface area contributed by atoms with Crippen LogP contribution in [0.25, 0.3) is 0 Å². The SMILES string of the molecule is COC(=O)C1=C(C(=O)OC)C(NC(=O)OC(C)(C)C)CC1. The molecule has 0 aliphatic heterocycles. The van der Waals surface area contributed by atoms with E-state index >= 15 is 0 Å². The van der Waals surface area contributed by atoms with Crippen molar-refractivity contribution in [1.82, 2.24) is 5.32 Å². The minimum Gasteiger partial charge on any atom is -0.466 e. The normalized spacial score (nSPS) is 18.2. The summed E-state index contributed by atoms with van der Waals surface area (Å²) in [7, 11) is 2.45. The summed E-state index contributed by atoms with van der Waals surface area (Å²) < 4.78 is 14.5. The predicted molar refractivity (Wildman–Crippen MR) is 73.4 cm³/mol. The van der Waals surface area contributed by atoms with Crippen molar-refractivity contribution in [2.24, 2.45) is 0 Å². The van der Waals surface area contributed by atoms with E-state index in [1.807, 2.05) is 0 Å². The van der Waals surface area contributed by atoms with Gasteiger partial charge in [-0.3, -0.25) is 0 Å². The zero-order valence-corrected chi connectivity index (χ0v) is 12.9. The summed E-state index contributed by atoms with van der Waals surface area (Å²) in [6.45, 7) is 5.20. The summed E-state index contributed by atoms with van der Waals surface area (Å²) in [5, 5.41) is 2.58. The van der Waals surface area contributed by atoms with E-state index in [9.17, 15) is 14.4 Å². The zero-order chi connectivity index (χ0) is 16.2. The molecule has 0 aromatic carbocycles. The van der Waals surface area contributed by atoms with Gasteiger partial charge in [-0.2, -0.15) is 0 Å². The van der Waals surface area contributed by atoms with Gasteiger partial charge in [-0.1, -0.05) is 0 Å². The van der Waals surface area contributed by atoms with Gasteiger partial charge in [0.2, 0.25) is 0 Å². The van der Waals surface area contributed by atoms with Crippen molar-refractivity contribution >= 4 is 18.0 Å². The molecule has 0 radical (unpaired) electrons. The first-order valence-corrected chi connectivity index (χ1v) is 6.58. The van der Waals surface area contributed by atoms with Crippen LogP contribution in [0, 0.1) is 0 Å². The van der Waals surface area contributed by atoms with E-state index in [1.54, 1.807) is 20.8 Å². The fourth-order valence-corrected chi connectivity index (χ4v) is 2.08. The third-order valence-corrected chi connectivity index (χ3v) is 2.88. The predicted octanol–water partition coefficient (Wildman–Crippen LogP) is 1.32. The van der Waals surface area contributed by atoms with Gasteiger partial charge in [0.1, 0.15) is 5.60 Å². The first-order chi connectivity index (χ1) is 9.69. The van der Waals surface area contributed by atoms with Crippen molar-refractivity contribution in [2.45, 2.75) is 45.3 Å². The van der Waals surface area contributed by atoms with Crippen molar-refractivity contribution in [3.63, 3.8) is 0 Å².